The Bertz CT molecular complexity index is 326. The van der Waals surface area contributed by atoms with E-state index in [2.05, 4.69) is 39.8 Å². The van der Waals surface area contributed by atoms with Crippen molar-refractivity contribution in [2.45, 2.75) is 53.0 Å². The summed E-state index contributed by atoms with van der Waals surface area (Å²) >= 11 is 0. The third-order valence-corrected chi connectivity index (χ3v) is 3.14. The summed E-state index contributed by atoms with van der Waals surface area (Å²) in [4.78, 5) is 0. The molecule has 0 aliphatic rings. The Kier molecular flexibility index (Phi) is 4.34. The van der Waals surface area contributed by atoms with Crippen LogP contribution in [0.5, 0.6) is 0 Å². The topological polar surface area (TPSA) is 26.0 Å². The fraction of sp³-hybridized carbons (Fsp3) is 0.571. The van der Waals surface area contributed by atoms with Crippen LogP contribution in [0.15, 0.2) is 12.1 Å². The van der Waals surface area contributed by atoms with Crippen molar-refractivity contribution in [1.29, 1.82) is 0 Å². The Balaban J connectivity index is 3.34. The average Bonchev–Trinajstić information content (AvgIpc) is 2.26. The monoisotopic (exact) mass is 205 g/mol. The molecule has 1 rings (SSSR count). The maximum atomic E-state index is 6.01. The first-order chi connectivity index (χ1) is 7.15. The Labute approximate surface area is 93.7 Å². The van der Waals surface area contributed by atoms with Crippen molar-refractivity contribution in [1.82, 2.24) is 0 Å². The summed E-state index contributed by atoms with van der Waals surface area (Å²) in [6.45, 7) is 8.75. The lowest BCUT2D eigenvalue weighted by Crippen LogP contribution is -2.11. The van der Waals surface area contributed by atoms with Gasteiger partial charge in [0.25, 0.3) is 0 Å². The molecular formula is C14H23N. The molecule has 0 saturated heterocycles. The summed E-state index contributed by atoms with van der Waals surface area (Å²) in [6, 6.07) is 4.61. The molecule has 1 unspecified atom stereocenters. The van der Waals surface area contributed by atoms with Gasteiger partial charge in [0.05, 0.1) is 0 Å². The molecule has 84 valence electrons. The molecule has 0 aliphatic carbocycles. The smallest absolute Gasteiger partial charge is 0.0268 e. The molecule has 1 atom stereocenters. The summed E-state index contributed by atoms with van der Waals surface area (Å²) < 4.78 is 0. The van der Waals surface area contributed by atoms with Gasteiger partial charge in [0.2, 0.25) is 0 Å². The zero-order valence-electron chi connectivity index (χ0n) is 10.4. The predicted molar refractivity (Wildman–Crippen MR) is 67.2 cm³/mol. The van der Waals surface area contributed by atoms with Crippen LogP contribution in [0.25, 0.3) is 0 Å². The molecule has 0 spiro atoms. The third kappa shape index (κ3) is 2.40. The summed E-state index contributed by atoms with van der Waals surface area (Å²) in [5, 5.41) is 0. The van der Waals surface area contributed by atoms with Crippen LogP contribution in [-0.2, 0) is 19.3 Å². The van der Waals surface area contributed by atoms with Crippen LogP contribution in [0.3, 0.4) is 0 Å². The summed E-state index contributed by atoms with van der Waals surface area (Å²) in [6.07, 6.45) is 3.33. The van der Waals surface area contributed by atoms with Gasteiger partial charge in [0.1, 0.15) is 0 Å². The fourth-order valence-electron chi connectivity index (χ4n) is 2.38. The highest BCUT2D eigenvalue weighted by molar-refractivity contribution is 5.42. The third-order valence-electron chi connectivity index (χ3n) is 3.14. The number of nitrogens with two attached hydrogens (primary N) is 1. The van der Waals surface area contributed by atoms with Crippen LogP contribution in [0.1, 0.15) is 56.0 Å². The summed E-state index contributed by atoms with van der Waals surface area (Å²) in [5.74, 6) is 0. The molecular weight excluding hydrogens is 182 g/mol. The van der Waals surface area contributed by atoms with Gasteiger partial charge in [0, 0.05) is 6.04 Å². The molecule has 1 heteroatoms. The average molecular weight is 205 g/mol. The summed E-state index contributed by atoms with van der Waals surface area (Å²) in [7, 11) is 0. The normalized spacial score (nSPS) is 12.9. The van der Waals surface area contributed by atoms with E-state index in [1.165, 1.54) is 22.3 Å². The highest BCUT2D eigenvalue weighted by Gasteiger charge is 2.11. The number of hydrogen-bond donors (Lipinski definition) is 1. The van der Waals surface area contributed by atoms with Gasteiger partial charge in [-0.2, -0.15) is 0 Å². The number of hydrogen-bond acceptors (Lipinski definition) is 1. The van der Waals surface area contributed by atoms with E-state index in [4.69, 9.17) is 5.73 Å². The Morgan fingerprint density at radius 3 is 2.00 bits per heavy atom. The van der Waals surface area contributed by atoms with Crippen molar-refractivity contribution in [3.05, 3.63) is 34.4 Å². The van der Waals surface area contributed by atoms with Gasteiger partial charge in [-0.05, 0) is 48.4 Å². The molecule has 1 aromatic carbocycles. The van der Waals surface area contributed by atoms with E-state index in [1.54, 1.807) is 0 Å². The molecule has 0 aliphatic heterocycles. The quantitative estimate of drug-likeness (QED) is 0.801. The maximum absolute atomic E-state index is 6.01. The Hall–Kier alpha value is -0.820. The molecule has 0 radical (unpaired) electrons. The van der Waals surface area contributed by atoms with Crippen LogP contribution < -0.4 is 5.73 Å². The van der Waals surface area contributed by atoms with E-state index in [1.807, 2.05) is 0 Å². The molecule has 0 aromatic heterocycles. The minimum Gasteiger partial charge on any atom is -0.324 e. The number of benzene rings is 1. The lowest BCUT2D eigenvalue weighted by Gasteiger charge is -2.18. The first-order valence-electron chi connectivity index (χ1n) is 6.04. The van der Waals surface area contributed by atoms with Crippen molar-refractivity contribution in [3.63, 3.8) is 0 Å². The largest absolute Gasteiger partial charge is 0.324 e. The summed E-state index contributed by atoms with van der Waals surface area (Å²) in [5.41, 5.74) is 11.8. The van der Waals surface area contributed by atoms with Gasteiger partial charge >= 0.3 is 0 Å². The van der Waals surface area contributed by atoms with Gasteiger partial charge in [-0.25, -0.2) is 0 Å². The van der Waals surface area contributed by atoms with Crippen molar-refractivity contribution in [3.8, 4) is 0 Å². The minimum atomic E-state index is 0.149. The molecule has 0 saturated carbocycles. The first kappa shape index (κ1) is 12.3. The molecule has 1 aromatic rings. The van der Waals surface area contributed by atoms with Gasteiger partial charge in [-0.15, -0.1) is 0 Å². The Morgan fingerprint density at radius 2 is 1.60 bits per heavy atom. The molecule has 0 fully saturated rings. The van der Waals surface area contributed by atoms with E-state index in [0.29, 0.717) is 0 Å². The lowest BCUT2D eigenvalue weighted by molar-refractivity contribution is 0.791. The Morgan fingerprint density at radius 1 is 1.00 bits per heavy atom. The van der Waals surface area contributed by atoms with Gasteiger partial charge in [-0.3, -0.25) is 0 Å². The predicted octanol–water partition coefficient (Wildman–Crippen LogP) is 3.39. The highest BCUT2D eigenvalue weighted by Crippen LogP contribution is 2.25. The molecule has 15 heavy (non-hydrogen) atoms. The minimum absolute atomic E-state index is 0.149. The van der Waals surface area contributed by atoms with Crippen molar-refractivity contribution >= 4 is 0 Å². The van der Waals surface area contributed by atoms with Gasteiger partial charge in [0.15, 0.2) is 0 Å². The molecule has 1 nitrogen and oxygen atoms in total. The van der Waals surface area contributed by atoms with Crippen molar-refractivity contribution in [2.24, 2.45) is 5.73 Å². The van der Waals surface area contributed by atoms with E-state index in [9.17, 15) is 0 Å². The standard InChI is InChI=1S/C14H23N/c1-5-11-8-9-14(10(4)15)13(7-3)12(11)6-2/h8-10H,5-7,15H2,1-4H3. The van der Waals surface area contributed by atoms with E-state index in [0.717, 1.165) is 19.3 Å². The molecule has 0 heterocycles. The molecule has 2 N–H and O–H groups in total. The van der Waals surface area contributed by atoms with Gasteiger partial charge < -0.3 is 5.73 Å². The molecule has 0 amide bonds. The van der Waals surface area contributed by atoms with Crippen molar-refractivity contribution < 1.29 is 0 Å². The molecule has 0 bridgehead atoms. The van der Waals surface area contributed by atoms with Crippen LogP contribution in [0, 0.1) is 0 Å². The highest BCUT2D eigenvalue weighted by atomic mass is 14.6. The fourth-order valence-corrected chi connectivity index (χ4v) is 2.38. The lowest BCUT2D eigenvalue weighted by atomic mass is 9.89. The maximum Gasteiger partial charge on any atom is 0.0268 e. The first-order valence-corrected chi connectivity index (χ1v) is 6.04. The van der Waals surface area contributed by atoms with Crippen LogP contribution >= 0.6 is 0 Å². The second kappa shape index (κ2) is 5.32. The van der Waals surface area contributed by atoms with E-state index >= 15 is 0 Å². The zero-order valence-corrected chi connectivity index (χ0v) is 10.4. The van der Waals surface area contributed by atoms with Crippen LogP contribution in [0.4, 0.5) is 0 Å². The number of aryl methyl sites for hydroxylation is 1. The second-order valence-electron chi connectivity index (χ2n) is 4.12. The second-order valence-corrected chi connectivity index (χ2v) is 4.12. The van der Waals surface area contributed by atoms with E-state index in [-0.39, 0.29) is 6.04 Å². The van der Waals surface area contributed by atoms with E-state index < -0.39 is 0 Å². The van der Waals surface area contributed by atoms with Crippen LogP contribution in [-0.4, -0.2) is 0 Å². The van der Waals surface area contributed by atoms with Crippen molar-refractivity contribution in [2.75, 3.05) is 0 Å². The van der Waals surface area contributed by atoms with Crippen LogP contribution in [0.2, 0.25) is 0 Å². The zero-order chi connectivity index (χ0) is 11.4. The number of rotatable bonds is 4. The van der Waals surface area contributed by atoms with Gasteiger partial charge in [-0.1, -0.05) is 32.9 Å². The SMILES string of the molecule is CCc1ccc(C(C)N)c(CC)c1CC.